The Morgan fingerprint density at radius 2 is 1.25 bits per heavy atom. The van der Waals surface area contributed by atoms with Gasteiger partial charge in [0, 0.05) is 49.2 Å². The second-order valence-electron chi connectivity index (χ2n) is 7.27. The molecule has 5 heteroatoms. The van der Waals surface area contributed by atoms with Crippen molar-refractivity contribution in [2.45, 2.75) is 46.5 Å². The molecule has 28 heavy (non-hydrogen) atoms. The van der Waals surface area contributed by atoms with Crippen LogP contribution in [0.25, 0.3) is 0 Å². The van der Waals surface area contributed by atoms with Crippen LogP contribution < -0.4 is 5.73 Å². The highest BCUT2D eigenvalue weighted by Crippen LogP contribution is 2.32. The van der Waals surface area contributed by atoms with E-state index in [0.29, 0.717) is 18.5 Å². The molecule has 0 unspecified atom stereocenters. The lowest BCUT2D eigenvalue weighted by atomic mass is 9.86. The van der Waals surface area contributed by atoms with Crippen LogP contribution in [0.2, 0.25) is 0 Å². The van der Waals surface area contributed by atoms with Gasteiger partial charge in [-0.05, 0) is 63.4 Å². The van der Waals surface area contributed by atoms with Gasteiger partial charge in [-0.3, -0.25) is 9.59 Å². The van der Waals surface area contributed by atoms with Crippen LogP contribution in [0, 0.1) is 27.7 Å². The predicted molar refractivity (Wildman–Crippen MR) is 119 cm³/mol. The Balaban J connectivity index is 1.87. The van der Waals surface area contributed by atoms with Crippen LogP contribution in [-0.2, 0) is 0 Å². The third-order valence-electron chi connectivity index (χ3n) is 4.95. The molecule has 0 radical (unpaired) electrons. The van der Waals surface area contributed by atoms with E-state index in [9.17, 15) is 9.59 Å². The van der Waals surface area contributed by atoms with E-state index in [1.807, 2.05) is 64.1 Å². The monoisotopic (exact) mass is 411 g/mol. The summed E-state index contributed by atoms with van der Waals surface area (Å²) in [5.41, 5.74) is 9.03. The van der Waals surface area contributed by atoms with Gasteiger partial charge in [0.1, 0.15) is 0 Å². The van der Waals surface area contributed by atoms with E-state index in [-0.39, 0.29) is 17.5 Å². The molecule has 0 atom stereocenters. The molecule has 0 aliphatic carbocycles. The van der Waals surface area contributed by atoms with Crippen LogP contribution in [0.4, 0.5) is 5.69 Å². The SMILES string of the molecule is Cc1cc(C(=O)CC(CC(=O)c2cc(C)sc2C)c2ccc(N)cc2)c(C)s1. The molecule has 1 aromatic carbocycles. The summed E-state index contributed by atoms with van der Waals surface area (Å²) in [4.78, 5) is 30.3. The summed E-state index contributed by atoms with van der Waals surface area (Å²) in [7, 11) is 0. The zero-order valence-corrected chi connectivity index (χ0v) is 18.3. The molecule has 3 rings (SSSR count). The number of benzene rings is 1. The predicted octanol–water partition coefficient (Wildman–Crippen LogP) is 6.26. The number of rotatable bonds is 7. The minimum Gasteiger partial charge on any atom is -0.399 e. The third-order valence-corrected chi connectivity index (χ3v) is 6.89. The lowest BCUT2D eigenvalue weighted by Crippen LogP contribution is -2.13. The van der Waals surface area contributed by atoms with Crippen LogP contribution in [0.5, 0.6) is 0 Å². The van der Waals surface area contributed by atoms with E-state index >= 15 is 0 Å². The summed E-state index contributed by atoms with van der Waals surface area (Å²) >= 11 is 3.27. The summed E-state index contributed by atoms with van der Waals surface area (Å²) in [6.07, 6.45) is 0.629. The minimum absolute atomic E-state index is 0.0923. The summed E-state index contributed by atoms with van der Waals surface area (Å²) < 4.78 is 0. The van der Waals surface area contributed by atoms with Gasteiger partial charge >= 0.3 is 0 Å². The quantitative estimate of drug-likeness (QED) is 0.369. The zero-order chi connectivity index (χ0) is 20.4. The fourth-order valence-electron chi connectivity index (χ4n) is 3.56. The van der Waals surface area contributed by atoms with E-state index in [1.54, 1.807) is 22.7 Å². The van der Waals surface area contributed by atoms with E-state index < -0.39 is 0 Å². The second-order valence-corrected chi connectivity index (χ2v) is 10.2. The Labute approximate surface area is 174 Å². The van der Waals surface area contributed by atoms with Crippen LogP contribution in [0.3, 0.4) is 0 Å². The van der Waals surface area contributed by atoms with Crippen molar-refractivity contribution in [1.82, 2.24) is 0 Å². The number of Topliss-reactive ketones (excluding diaryl/α,β-unsaturated/α-hetero) is 2. The Morgan fingerprint density at radius 1 is 0.821 bits per heavy atom. The molecule has 0 aliphatic heterocycles. The maximum atomic E-state index is 13.0. The van der Waals surface area contributed by atoms with Crippen LogP contribution in [0.15, 0.2) is 36.4 Å². The van der Waals surface area contributed by atoms with Crippen molar-refractivity contribution in [3.05, 3.63) is 72.6 Å². The van der Waals surface area contributed by atoms with Gasteiger partial charge < -0.3 is 5.73 Å². The van der Waals surface area contributed by atoms with Crippen molar-refractivity contribution < 1.29 is 9.59 Å². The van der Waals surface area contributed by atoms with Crippen molar-refractivity contribution in [3.8, 4) is 0 Å². The summed E-state index contributed by atoms with van der Waals surface area (Å²) in [6, 6.07) is 11.4. The molecule has 0 aliphatic rings. The highest BCUT2D eigenvalue weighted by atomic mass is 32.1. The number of aryl methyl sites for hydroxylation is 4. The molecular formula is C23H25NO2S2. The lowest BCUT2D eigenvalue weighted by Gasteiger charge is -2.16. The summed E-state index contributed by atoms with van der Waals surface area (Å²) in [5.74, 6) is 0.0178. The molecule has 3 nitrogen and oxygen atoms in total. The first-order valence-electron chi connectivity index (χ1n) is 9.30. The van der Waals surface area contributed by atoms with Gasteiger partial charge in [-0.1, -0.05) is 12.1 Å². The van der Waals surface area contributed by atoms with Gasteiger partial charge in [0.05, 0.1) is 0 Å². The average Bonchev–Trinajstić information content (AvgIpc) is 3.15. The molecule has 0 bridgehead atoms. The first-order chi connectivity index (χ1) is 13.2. The molecule has 3 aromatic rings. The molecule has 0 saturated heterocycles. The number of hydrogen-bond acceptors (Lipinski definition) is 5. The molecule has 0 spiro atoms. The third kappa shape index (κ3) is 4.59. The Morgan fingerprint density at radius 3 is 1.61 bits per heavy atom. The highest BCUT2D eigenvalue weighted by molar-refractivity contribution is 7.12. The number of carbonyl (C=O) groups excluding carboxylic acids is 2. The van der Waals surface area contributed by atoms with Crippen molar-refractivity contribution >= 4 is 39.9 Å². The van der Waals surface area contributed by atoms with Gasteiger partial charge in [-0.25, -0.2) is 0 Å². The fraction of sp³-hybridized carbons (Fsp3) is 0.304. The van der Waals surface area contributed by atoms with E-state index in [2.05, 4.69) is 0 Å². The highest BCUT2D eigenvalue weighted by Gasteiger charge is 2.24. The molecule has 2 heterocycles. The number of carbonyl (C=O) groups is 2. The Kier molecular flexibility index (Phi) is 6.16. The van der Waals surface area contributed by atoms with Crippen molar-refractivity contribution in [1.29, 1.82) is 0 Å². The van der Waals surface area contributed by atoms with E-state index in [4.69, 9.17) is 5.73 Å². The Hall–Kier alpha value is -2.24. The maximum absolute atomic E-state index is 13.0. The number of ketones is 2. The first-order valence-corrected chi connectivity index (χ1v) is 10.9. The minimum atomic E-state index is -0.167. The van der Waals surface area contributed by atoms with Gasteiger partial charge in [0.2, 0.25) is 0 Å². The van der Waals surface area contributed by atoms with Crippen molar-refractivity contribution in [2.75, 3.05) is 5.73 Å². The fourth-order valence-corrected chi connectivity index (χ4v) is 5.44. The van der Waals surface area contributed by atoms with Crippen LogP contribution >= 0.6 is 22.7 Å². The number of hydrogen-bond donors (Lipinski definition) is 1. The molecule has 0 amide bonds. The van der Waals surface area contributed by atoms with E-state index in [0.717, 1.165) is 36.2 Å². The largest absolute Gasteiger partial charge is 0.399 e. The molecular weight excluding hydrogens is 386 g/mol. The molecule has 2 N–H and O–H groups in total. The maximum Gasteiger partial charge on any atom is 0.164 e. The summed E-state index contributed by atoms with van der Waals surface area (Å²) in [6.45, 7) is 7.98. The number of nitrogen functional groups attached to an aromatic ring is 1. The zero-order valence-electron chi connectivity index (χ0n) is 16.7. The number of nitrogens with two attached hydrogens (primary N) is 1. The first kappa shape index (κ1) is 20.5. The lowest BCUT2D eigenvalue weighted by molar-refractivity contribution is 0.0944. The summed E-state index contributed by atoms with van der Waals surface area (Å²) in [5, 5.41) is 0. The molecule has 2 aromatic heterocycles. The normalized spacial score (nSPS) is 11.2. The Bertz CT molecular complexity index is 952. The van der Waals surface area contributed by atoms with Crippen LogP contribution in [-0.4, -0.2) is 11.6 Å². The molecule has 0 fully saturated rings. The van der Waals surface area contributed by atoms with Gasteiger partial charge in [0.15, 0.2) is 11.6 Å². The molecule has 146 valence electrons. The average molecular weight is 412 g/mol. The van der Waals surface area contributed by atoms with Gasteiger partial charge in [-0.2, -0.15) is 0 Å². The number of thiophene rings is 2. The van der Waals surface area contributed by atoms with E-state index in [1.165, 1.54) is 0 Å². The van der Waals surface area contributed by atoms with Crippen molar-refractivity contribution in [3.63, 3.8) is 0 Å². The van der Waals surface area contributed by atoms with Gasteiger partial charge in [-0.15, -0.1) is 22.7 Å². The standard InChI is InChI=1S/C23H25NO2S2/c1-13-9-20(15(3)27-13)22(25)11-18(17-5-7-19(24)8-6-17)12-23(26)21-10-14(2)28-16(21)4/h5-10,18H,11-12,24H2,1-4H3. The van der Waals surface area contributed by atoms with Gasteiger partial charge in [0.25, 0.3) is 0 Å². The topological polar surface area (TPSA) is 60.2 Å². The molecule has 0 saturated carbocycles. The van der Waals surface area contributed by atoms with Crippen molar-refractivity contribution in [2.24, 2.45) is 0 Å². The second kappa shape index (κ2) is 8.41. The van der Waals surface area contributed by atoms with Crippen LogP contribution in [0.1, 0.15) is 64.5 Å². The number of anilines is 1. The smallest absolute Gasteiger partial charge is 0.164 e.